The third kappa shape index (κ3) is 3.87. The van der Waals surface area contributed by atoms with E-state index < -0.39 is 41.3 Å². The Morgan fingerprint density at radius 1 is 1.03 bits per heavy atom. The highest BCUT2D eigenvalue weighted by molar-refractivity contribution is 5.98. The van der Waals surface area contributed by atoms with E-state index in [-0.39, 0.29) is 50.8 Å². The van der Waals surface area contributed by atoms with Gasteiger partial charge in [-0.2, -0.15) is 13.2 Å². The van der Waals surface area contributed by atoms with Gasteiger partial charge in [-0.1, -0.05) is 6.07 Å². The van der Waals surface area contributed by atoms with E-state index in [2.05, 4.69) is 20.3 Å². The Bertz CT molecular complexity index is 1540. The van der Waals surface area contributed by atoms with E-state index in [0.29, 0.717) is 6.07 Å². The second-order valence-electron chi connectivity index (χ2n) is 9.82. The highest BCUT2D eigenvalue weighted by Crippen LogP contribution is 2.47. The van der Waals surface area contributed by atoms with E-state index in [4.69, 9.17) is 0 Å². The second-order valence-corrected chi connectivity index (χ2v) is 9.82. The van der Waals surface area contributed by atoms with Gasteiger partial charge >= 0.3 is 12.1 Å². The smallest absolute Gasteiger partial charge is 0.418 e. The van der Waals surface area contributed by atoms with Gasteiger partial charge in [-0.15, -0.1) is 0 Å². The fourth-order valence-corrected chi connectivity index (χ4v) is 6.12. The van der Waals surface area contributed by atoms with Crippen LogP contribution in [-0.2, 0) is 11.0 Å². The van der Waals surface area contributed by atoms with Crippen LogP contribution in [0.5, 0.6) is 0 Å². The number of carboxylic acids is 1. The lowest BCUT2D eigenvalue weighted by Crippen LogP contribution is -2.51. The minimum absolute atomic E-state index is 0.0293. The number of benzene rings is 2. The van der Waals surface area contributed by atoms with Crippen LogP contribution in [0, 0.1) is 29.4 Å². The molecule has 6 nitrogen and oxygen atoms in total. The summed E-state index contributed by atoms with van der Waals surface area (Å²) in [5.74, 6) is -3.49. The first kappa shape index (κ1) is 23.6. The molecule has 0 amide bonds. The number of carbonyl (C=O) groups is 1. The number of aromatic nitrogens is 3. The third-order valence-electron chi connectivity index (χ3n) is 7.79. The summed E-state index contributed by atoms with van der Waals surface area (Å²) in [6.45, 7) is 0. The van der Waals surface area contributed by atoms with Crippen molar-refractivity contribution < 1.29 is 31.9 Å². The highest BCUT2D eigenvalue weighted by Gasteiger charge is 2.47. The first-order valence-corrected chi connectivity index (χ1v) is 12.0. The molecule has 192 valence electrons. The first-order valence-electron chi connectivity index (χ1n) is 12.0. The fraction of sp³-hybridized carbons (Fsp3) is 0.346. The third-order valence-corrected chi connectivity index (χ3v) is 7.79. The molecule has 7 rings (SSSR count). The number of fused-ring (bicyclic) bond motifs is 5. The number of para-hydroxylation sites is 1. The summed E-state index contributed by atoms with van der Waals surface area (Å²) in [6.07, 6.45) is -0.195. The molecule has 2 aromatic heterocycles. The Labute approximate surface area is 206 Å². The second kappa shape index (κ2) is 8.39. The van der Waals surface area contributed by atoms with E-state index in [1.807, 2.05) is 0 Å². The first-order chi connectivity index (χ1) is 17.6. The van der Waals surface area contributed by atoms with Crippen molar-refractivity contribution >= 4 is 33.6 Å². The van der Waals surface area contributed by atoms with Crippen molar-refractivity contribution in [2.45, 2.75) is 37.9 Å². The summed E-state index contributed by atoms with van der Waals surface area (Å²) in [5, 5.41) is 13.3. The SMILES string of the molecule is O=C(O)[C@@H]1C2CCC(CC2)[C@H]1Nc1nc(-c2c[nH]c3c(F)cc(F)cc23)nc2c(C(F)(F)F)cccc12. The normalized spacial score (nSPS) is 23.6. The minimum Gasteiger partial charge on any atom is -0.481 e. The maximum Gasteiger partial charge on any atom is 0.418 e. The minimum atomic E-state index is -4.73. The number of halogens is 5. The Balaban J connectivity index is 1.57. The topological polar surface area (TPSA) is 90.9 Å². The van der Waals surface area contributed by atoms with Gasteiger partial charge in [-0.05, 0) is 55.7 Å². The van der Waals surface area contributed by atoms with Crippen molar-refractivity contribution in [2.75, 3.05) is 5.32 Å². The molecule has 0 radical (unpaired) electrons. The standard InChI is InChI=1S/C26H21F5N4O2/c27-13-8-15-16(10-32-22(15)18(28)9-13)24-34-21-14(2-1-3-17(21)26(29,30)31)23(35-24)33-20-12-6-4-11(5-7-12)19(20)25(36)37/h1-3,8-12,19-20,32H,4-7H2,(H,36,37)(H,33,34,35)/t11?,12?,19-,20-/m1/s1. The van der Waals surface area contributed by atoms with Gasteiger partial charge in [0.1, 0.15) is 17.5 Å². The number of nitrogens with zero attached hydrogens (tertiary/aromatic N) is 2. The van der Waals surface area contributed by atoms with E-state index in [9.17, 15) is 31.9 Å². The monoisotopic (exact) mass is 516 g/mol. The number of rotatable bonds is 4. The number of carboxylic acid groups (broad SMARTS) is 1. The maximum absolute atomic E-state index is 14.3. The van der Waals surface area contributed by atoms with Crippen LogP contribution in [0.25, 0.3) is 33.2 Å². The molecule has 37 heavy (non-hydrogen) atoms. The molecule has 2 atom stereocenters. The fourth-order valence-electron chi connectivity index (χ4n) is 6.12. The van der Waals surface area contributed by atoms with E-state index in [0.717, 1.165) is 37.8 Å². The molecule has 11 heteroatoms. The molecule has 3 N–H and O–H groups in total. The maximum atomic E-state index is 14.3. The van der Waals surface area contributed by atoms with Crippen molar-refractivity contribution in [2.24, 2.45) is 17.8 Å². The van der Waals surface area contributed by atoms with Gasteiger partial charge in [0, 0.05) is 34.6 Å². The van der Waals surface area contributed by atoms with Gasteiger partial charge in [0.15, 0.2) is 5.82 Å². The summed E-state index contributed by atoms with van der Waals surface area (Å²) < 4.78 is 70.2. The number of aliphatic carboxylic acids is 1. The van der Waals surface area contributed by atoms with Gasteiger partial charge in [0.05, 0.1) is 22.5 Å². The van der Waals surface area contributed by atoms with Gasteiger partial charge in [0.2, 0.25) is 0 Å². The lowest BCUT2D eigenvalue weighted by molar-refractivity contribution is -0.148. The largest absolute Gasteiger partial charge is 0.481 e. The Morgan fingerprint density at radius 3 is 2.46 bits per heavy atom. The molecule has 2 heterocycles. The summed E-state index contributed by atoms with van der Waals surface area (Å²) in [4.78, 5) is 23.5. The van der Waals surface area contributed by atoms with Crippen LogP contribution in [0.15, 0.2) is 36.5 Å². The van der Waals surface area contributed by atoms with E-state index in [1.54, 1.807) is 0 Å². The van der Waals surface area contributed by atoms with Crippen LogP contribution >= 0.6 is 0 Å². The zero-order valence-electron chi connectivity index (χ0n) is 19.2. The molecule has 2 aromatic carbocycles. The number of anilines is 1. The zero-order valence-corrected chi connectivity index (χ0v) is 19.2. The Hall–Kier alpha value is -3.76. The summed E-state index contributed by atoms with van der Waals surface area (Å²) in [6, 6.07) is 4.83. The molecular weight excluding hydrogens is 495 g/mol. The molecule has 0 spiro atoms. The average Bonchev–Trinajstić information content (AvgIpc) is 3.27. The van der Waals surface area contributed by atoms with Crippen LogP contribution in [0.2, 0.25) is 0 Å². The van der Waals surface area contributed by atoms with Gasteiger partial charge in [-0.3, -0.25) is 4.79 Å². The Kier molecular flexibility index (Phi) is 5.36. The summed E-state index contributed by atoms with van der Waals surface area (Å²) in [5.41, 5.74) is -1.29. The molecule has 0 saturated heterocycles. The van der Waals surface area contributed by atoms with E-state index >= 15 is 0 Å². The van der Waals surface area contributed by atoms with Gasteiger partial charge in [0.25, 0.3) is 0 Å². The van der Waals surface area contributed by atoms with E-state index in [1.165, 1.54) is 18.3 Å². The van der Waals surface area contributed by atoms with Crippen molar-refractivity contribution in [1.29, 1.82) is 0 Å². The molecule has 4 aromatic rings. The van der Waals surface area contributed by atoms with Crippen molar-refractivity contribution in [3.63, 3.8) is 0 Å². The van der Waals surface area contributed by atoms with Crippen LogP contribution in [0.4, 0.5) is 27.8 Å². The van der Waals surface area contributed by atoms with Crippen LogP contribution in [0.3, 0.4) is 0 Å². The molecular formula is C26H21F5N4O2. The van der Waals surface area contributed by atoms with Crippen LogP contribution in [-0.4, -0.2) is 32.1 Å². The van der Waals surface area contributed by atoms with Gasteiger partial charge in [-0.25, -0.2) is 18.7 Å². The number of nitrogens with one attached hydrogen (secondary N) is 2. The summed E-state index contributed by atoms with van der Waals surface area (Å²) in [7, 11) is 0. The van der Waals surface area contributed by atoms with Crippen molar-refractivity contribution in [1.82, 2.24) is 15.0 Å². The number of hydrogen-bond donors (Lipinski definition) is 3. The molecule has 2 bridgehead atoms. The highest BCUT2D eigenvalue weighted by atomic mass is 19.4. The number of hydrogen-bond acceptors (Lipinski definition) is 4. The average molecular weight is 516 g/mol. The lowest BCUT2D eigenvalue weighted by Gasteiger charge is -2.47. The van der Waals surface area contributed by atoms with Crippen LogP contribution < -0.4 is 5.32 Å². The predicted octanol–water partition coefficient (Wildman–Crippen LogP) is 6.38. The molecule has 0 unspecified atom stereocenters. The molecule has 0 aliphatic heterocycles. The number of aromatic amines is 1. The molecule has 3 fully saturated rings. The number of alkyl halides is 3. The Morgan fingerprint density at radius 2 is 1.76 bits per heavy atom. The quantitative estimate of drug-likeness (QED) is 0.274. The van der Waals surface area contributed by atoms with Gasteiger partial charge < -0.3 is 15.4 Å². The zero-order chi connectivity index (χ0) is 26.1. The molecule has 3 aliphatic carbocycles. The molecule has 3 aliphatic rings. The predicted molar refractivity (Wildman–Crippen MR) is 126 cm³/mol. The van der Waals surface area contributed by atoms with Crippen LogP contribution in [0.1, 0.15) is 31.2 Å². The molecule has 3 saturated carbocycles. The number of H-pyrrole nitrogens is 1. The van der Waals surface area contributed by atoms with Crippen molar-refractivity contribution in [3.8, 4) is 11.4 Å². The summed E-state index contributed by atoms with van der Waals surface area (Å²) >= 11 is 0. The van der Waals surface area contributed by atoms with Crippen molar-refractivity contribution in [3.05, 3.63) is 53.7 Å². The lowest BCUT2D eigenvalue weighted by atomic mass is 9.61.